The molecule has 0 aromatic rings. The first kappa shape index (κ1) is 8.26. The molecular formula is C10H10O3. The molecule has 2 atom stereocenters. The van der Waals surface area contributed by atoms with Gasteiger partial charge in [0.25, 0.3) is 0 Å². The van der Waals surface area contributed by atoms with E-state index in [1.54, 1.807) is 6.08 Å². The lowest BCUT2D eigenvalue weighted by Crippen LogP contribution is -1.96. The van der Waals surface area contributed by atoms with Crippen molar-refractivity contribution in [2.24, 2.45) is 0 Å². The van der Waals surface area contributed by atoms with E-state index in [4.69, 9.17) is 4.74 Å². The number of methoxy groups -OCH3 is 1. The average Bonchev–Trinajstić information content (AvgIpc) is 2.91. The largest absolute Gasteiger partial charge is 0.466 e. The van der Waals surface area contributed by atoms with Crippen LogP contribution in [-0.4, -0.2) is 25.3 Å². The first-order valence-electron chi connectivity index (χ1n) is 4.11. The highest BCUT2D eigenvalue weighted by Gasteiger charge is 2.36. The van der Waals surface area contributed by atoms with Crippen molar-refractivity contribution in [3.63, 3.8) is 0 Å². The van der Waals surface area contributed by atoms with Gasteiger partial charge in [-0.25, -0.2) is 4.79 Å². The second-order valence-electron chi connectivity index (χ2n) is 2.95. The van der Waals surface area contributed by atoms with Gasteiger partial charge >= 0.3 is 5.97 Å². The zero-order valence-corrected chi connectivity index (χ0v) is 7.27. The third kappa shape index (κ3) is 1.87. The highest BCUT2D eigenvalue weighted by Crippen LogP contribution is 2.30. The van der Waals surface area contributed by atoms with Crippen LogP contribution in [0.2, 0.25) is 0 Å². The van der Waals surface area contributed by atoms with E-state index in [9.17, 15) is 4.79 Å². The van der Waals surface area contributed by atoms with Gasteiger partial charge in [0.2, 0.25) is 0 Å². The Labute approximate surface area is 76.3 Å². The Bertz CT molecular complexity index is 312. The maximum absolute atomic E-state index is 10.8. The van der Waals surface area contributed by atoms with Crippen LogP contribution < -0.4 is 0 Å². The molecule has 13 heavy (non-hydrogen) atoms. The molecule has 1 aliphatic heterocycles. The smallest absolute Gasteiger partial charge is 0.330 e. The summed E-state index contributed by atoms with van der Waals surface area (Å²) in [6.45, 7) is 0. The highest BCUT2D eigenvalue weighted by atomic mass is 16.6. The number of ether oxygens (including phenoxy) is 2. The second-order valence-corrected chi connectivity index (χ2v) is 2.95. The van der Waals surface area contributed by atoms with Crippen molar-refractivity contribution in [2.45, 2.75) is 12.2 Å². The molecule has 2 rings (SSSR count). The fraction of sp³-hybridized carbons (Fsp3) is 0.300. The minimum Gasteiger partial charge on any atom is -0.466 e. The SMILES string of the molecule is COC(=O)/C=C/C1=CC2OC2C=C1. The molecule has 0 amide bonds. The molecule has 0 aromatic carbocycles. The van der Waals surface area contributed by atoms with Gasteiger partial charge in [0.05, 0.1) is 7.11 Å². The number of hydrogen-bond donors (Lipinski definition) is 0. The molecule has 0 radical (unpaired) electrons. The minimum atomic E-state index is -0.340. The summed E-state index contributed by atoms with van der Waals surface area (Å²) in [5, 5.41) is 0. The fourth-order valence-electron chi connectivity index (χ4n) is 1.22. The summed E-state index contributed by atoms with van der Waals surface area (Å²) in [7, 11) is 1.36. The maximum atomic E-state index is 10.8. The van der Waals surface area contributed by atoms with Crippen LogP contribution in [0, 0.1) is 0 Å². The third-order valence-electron chi connectivity index (χ3n) is 2.01. The van der Waals surface area contributed by atoms with Gasteiger partial charge in [-0.05, 0) is 17.7 Å². The number of fused-ring (bicyclic) bond motifs is 1. The number of carbonyl (C=O) groups is 1. The molecule has 68 valence electrons. The van der Waals surface area contributed by atoms with E-state index in [0.29, 0.717) is 0 Å². The number of hydrogen-bond acceptors (Lipinski definition) is 3. The minimum absolute atomic E-state index is 0.224. The summed E-state index contributed by atoms with van der Waals surface area (Å²) in [4.78, 5) is 10.8. The highest BCUT2D eigenvalue weighted by molar-refractivity contribution is 5.82. The van der Waals surface area contributed by atoms with Crippen molar-refractivity contribution in [1.29, 1.82) is 0 Å². The predicted octanol–water partition coefficient (Wildman–Crippen LogP) is 0.979. The quantitative estimate of drug-likeness (QED) is 0.359. The van der Waals surface area contributed by atoms with E-state index >= 15 is 0 Å². The lowest BCUT2D eigenvalue weighted by Gasteiger charge is -1.96. The van der Waals surface area contributed by atoms with Gasteiger partial charge in [0.1, 0.15) is 12.2 Å². The first-order chi connectivity index (χ1) is 6.29. The van der Waals surface area contributed by atoms with E-state index in [1.807, 2.05) is 18.2 Å². The van der Waals surface area contributed by atoms with Crippen LogP contribution in [0.5, 0.6) is 0 Å². The Kier molecular flexibility index (Phi) is 2.02. The summed E-state index contributed by atoms with van der Waals surface area (Å²) >= 11 is 0. The lowest BCUT2D eigenvalue weighted by molar-refractivity contribution is -0.134. The van der Waals surface area contributed by atoms with Gasteiger partial charge in [-0.15, -0.1) is 0 Å². The Hall–Kier alpha value is -1.35. The molecular weight excluding hydrogens is 168 g/mol. The predicted molar refractivity (Wildman–Crippen MR) is 47.0 cm³/mol. The van der Waals surface area contributed by atoms with E-state index in [-0.39, 0.29) is 18.2 Å². The summed E-state index contributed by atoms with van der Waals surface area (Å²) < 4.78 is 9.70. The molecule has 3 nitrogen and oxygen atoms in total. The zero-order chi connectivity index (χ0) is 9.26. The van der Waals surface area contributed by atoms with Crippen LogP contribution >= 0.6 is 0 Å². The molecule has 2 aliphatic rings. The van der Waals surface area contributed by atoms with Crippen molar-refractivity contribution >= 4 is 5.97 Å². The Balaban J connectivity index is 1.98. The maximum Gasteiger partial charge on any atom is 0.330 e. The van der Waals surface area contributed by atoms with Crippen LogP contribution in [0.4, 0.5) is 0 Å². The van der Waals surface area contributed by atoms with Gasteiger partial charge in [-0.1, -0.05) is 12.2 Å². The van der Waals surface area contributed by atoms with E-state index in [0.717, 1.165) is 5.57 Å². The normalized spacial score (nSPS) is 29.8. The van der Waals surface area contributed by atoms with E-state index in [2.05, 4.69) is 4.74 Å². The molecule has 0 aromatic heterocycles. The zero-order valence-electron chi connectivity index (χ0n) is 7.27. The van der Waals surface area contributed by atoms with Crippen LogP contribution in [0.1, 0.15) is 0 Å². The van der Waals surface area contributed by atoms with Crippen molar-refractivity contribution < 1.29 is 14.3 Å². The molecule has 0 spiro atoms. The number of allylic oxidation sites excluding steroid dienone is 3. The van der Waals surface area contributed by atoms with Gasteiger partial charge in [0, 0.05) is 6.08 Å². The third-order valence-corrected chi connectivity index (χ3v) is 2.01. The Morgan fingerprint density at radius 2 is 2.46 bits per heavy atom. The van der Waals surface area contributed by atoms with Crippen molar-refractivity contribution in [1.82, 2.24) is 0 Å². The fourth-order valence-corrected chi connectivity index (χ4v) is 1.22. The summed E-state index contributed by atoms with van der Waals surface area (Å²) in [6, 6.07) is 0. The molecule has 1 heterocycles. The van der Waals surface area contributed by atoms with Crippen LogP contribution in [0.25, 0.3) is 0 Å². The average molecular weight is 178 g/mol. The second kappa shape index (κ2) is 3.18. The molecule has 0 saturated carbocycles. The summed E-state index contributed by atoms with van der Waals surface area (Å²) in [5.74, 6) is -0.340. The molecule has 0 N–H and O–H groups in total. The van der Waals surface area contributed by atoms with Gasteiger partial charge in [0.15, 0.2) is 0 Å². The van der Waals surface area contributed by atoms with Gasteiger partial charge in [-0.3, -0.25) is 0 Å². The van der Waals surface area contributed by atoms with E-state index in [1.165, 1.54) is 13.2 Å². The lowest BCUT2D eigenvalue weighted by atomic mass is 10.1. The number of esters is 1. The van der Waals surface area contributed by atoms with Crippen molar-refractivity contribution in [3.05, 3.63) is 36.0 Å². The van der Waals surface area contributed by atoms with Gasteiger partial charge in [-0.2, -0.15) is 0 Å². The molecule has 1 aliphatic carbocycles. The monoisotopic (exact) mass is 178 g/mol. The summed E-state index contributed by atoms with van der Waals surface area (Å²) in [6.07, 6.45) is 9.54. The summed E-state index contributed by atoms with van der Waals surface area (Å²) in [5.41, 5.74) is 0.990. The standard InChI is InChI=1S/C10H10O3/c1-12-10(11)5-3-7-2-4-8-9(6-7)13-8/h2-6,8-9H,1H3/b5-3+. The molecule has 1 saturated heterocycles. The van der Waals surface area contributed by atoms with Gasteiger partial charge < -0.3 is 9.47 Å². The number of rotatable bonds is 2. The molecule has 2 unspecified atom stereocenters. The topological polar surface area (TPSA) is 38.8 Å². The molecule has 3 heteroatoms. The number of carbonyl (C=O) groups excluding carboxylic acids is 1. The van der Waals surface area contributed by atoms with Crippen molar-refractivity contribution in [2.75, 3.05) is 7.11 Å². The van der Waals surface area contributed by atoms with Crippen LogP contribution in [-0.2, 0) is 14.3 Å². The molecule has 0 bridgehead atoms. The number of epoxide rings is 1. The Morgan fingerprint density at radius 1 is 1.62 bits per heavy atom. The molecule has 1 fully saturated rings. The van der Waals surface area contributed by atoms with E-state index < -0.39 is 0 Å². The van der Waals surface area contributed by atoms with Crippen LogP contribution in [0.3, 0.4) is 0 Å². The first-order valence-corrected chi connectivity index (χ1v) is 4.11. The van der Waals surface area contributed by atoms with Crippen LogP contribution in [0.15, 0.2) is 36.0 Å². The Morgan fingerprint density at radius 3 is 3.15 bits per heavy atom. The van der Waals surface area contributed by atoms with Crippen molar-refractivity contribution in [3.8, 4) is 0 Å².